The van der Waals surface area contributed by atoms with Crippen molar-refractivity contribution in [2.24, 2.45) is 0 Å². The van der Waals surface area contributed by atoms with Crippen LogP contribution in [0, 0.1) is 6.92 Å². The van der Waals surface area contributed by atoms with Gasteiger partial charge in [-0.3, -0.25) is 0 Å². The predicted octanol–water partition coefficient (Wildman–Crippen LogP) is 3.59. The van der Waals surface area contributed by atoms with Gasteiger partial charge in [-0.05, 0) is 35.4 Å². The summed E-state index contributed by atoms with van der Waals surface area (Å²) in [5.41, 5.74) is 8.46. The summed E-state index contributed by atoms with van der Waals surface area (Å²) in [6.45, 7) is 16.8. The summed E-state index contributed by atoms with van der Waals surface area (Å²) < 4.78 is 0. The van der Waals surface area contributed by atoms with Crippen LogP contribution in [0.25, 0.3) is 0 Å². The van der Waals surface area contributed by atoms with Gasteiger partial charge in [0.1, 0.15) is 0 Å². The molecule has 3 aliphatic heterocycles. The third-order valence-electron chi connectivity index (χ3n) is 5.74. The van der Waals surface area contributed by atoms with Crippen LogP contribution in [0.5, 0.6) is 0 Å². The molecule has 0 radical (unpaired) electrons. The summed E-state index contributed by atoms with van der Waals surface area (Å²) in [6.07, 6.45) is 1.28. The molecule has 0 N–H and O–H groups in total. The maximum absolute atomic E-state index is 2.65. The second-order valence-electron chi connectivity index (χ2n) is 8.24. The van der Waals surface area contributed by atoms with Crippen molar-refractivity contribution in [3.05, 3.63) is 22.8 Å². The zero-order valence-electron chi connectivity index (χ0n) is 13.5. The molecule has 0 aromatic heterocycles. The lowest BCUT2D eigenvalue weighted by atomic mass is 9.74. The van der Waals surface area contributed by atoms with Crippen LogP contribution >= 0.6 is 0 Å². The quantitative estimate of drug-likeness (QED) is 0.711. The van der Waals surface area contributed by atoms with Crippen LogP contribution in [0.3, 0.4) is 0 Å². The van der Waals surface area contributed by atoms with Crippen LogP contribution in [0.15, 0.2) is 6.07 Å². The van der Waals surface area contributed by atoms with Crippen molar-refractivity contribution >= 4 is 11.4 Å². The summed E-state index contributed by atoms with van der Waals surface area (Å²) >= 11 is 0. The second-order valence-corrected chi connectivity index (χ2v) is 8.24. The molecule has 2 nitrogen and oxygen atoms in total. The first kappa shape index (κ1) is 12.6. The molecule has 0 spiro atoms. The third kappa shape index (κ3) is 1.40. The van der Waals surface area contributed by atoms with E-state index < -0.39 is 0 Å². The Morgan fingerprint density at radius 2 is 1.60 bits per heavy atom. The average Bonchev–Trinajstić information content (AvgIpc) is 2.63. The lowest BCUT2D eigenvalue weighted by molar-refractivity contribution is 0.450. The Morgan fingerprint density at radius 1 is 0.900 bits per heavy atom. The van der Waals surface area contributed by atoms with E-state index in [1.807, 2.05) is 0 Å². The maximum atomic E-state index is 2.65. The smallest absolute Gasteiger partial charge is 0.0649 e. The molecule has 20 heavy (non-hydrogen) atoms. The maximum Gasteiger partial charge on any atom is 0.0649 e. The van der Waals surface area contributed by atoms with Crippen LogP contribution in [0.1, 0.15) is 50.8 Å². The Labute approximate surface area is 122 Å². The first-order valence-corrected chi connectivity index (χ1v) is 8.00. The van der Waals surface area contributed by atoms with Gasteiger partial charge in [0.2, 0.25) is 0 Å². The number of hydrogen-bond acceptors (Lipinski definition) is 2. The monoisotopic (exact) mass is 270 g/mol. The normalized spacial score (nSPS) is 24.9. The molecule has 0 fully saturated rings. The number of benzene rings is 1. The van der Waals surface area contributed by atoms with E-state index in [4.69, 9.17) is 0 Å². The minimum atomic E-state index is 0.298. The first-order chi connectivity index (χ1) is 9.31. The number of hydrogen-bond donors (Lipinski definition) is 0. The molecule has 0 atom stereocenters. The molecule has 108 valence electrons. The molecule has 0 saturated carbocycles. The molecular weight excluding hydrogens is 244 g/mol. The molecule has 2 heteroatoms. The summed E-state index contributed by atoms with van der Waals surface area (Å²) in [5, 5.41) is 0. The van der Waals surface area contributed by atoms with Crippen molar-refractivity contribution in [2.75, 3.05) is 36.0 Å². The van der Waals surface area contributed by atoms with Gasteiger partial charge in [0, 0.05) is 31.6 Å². The Bertz CT molecular complexity index is 598. The van der Waals surface area contributed by atoms with Gasteiger partial charge in [-0.25, -0.2) is 0 Å². The molecule has 1 aromatic carbocycles. The van der Waals surface area contributed by atoms with E-state index >= 15 is 0 Å². The zero-order chi connectivity index (χ0) is 14.3. The van der Waals surface area contributed by atoms with Crippen molar-refractivity contribution in [3.8, 4) is 0 Å². The van der Waals surface area contributed by atoms with Gasteiger partial charge >= 0.3 is 0 Å². The van der Waals surface area contributed by atoms with Gasteiger partial charge in [-0.2, -0.15) is 0 Å². The molecule has 3 aliphatic rings. The van der Waals surface area contributed by atoms with Crippen molar-refractivity contribution in [1.29, 1.82) is 0 Å². The van der Waals surface area contributed by atoms with Crippen LogP contribution in [0.4, 0.5) is 11.4 Å². The highest BCUT2D eigenvalue weighted by molar-refractivity contribution is 5.86. The van der Waals surface area contributed by atoms with E-state index in [9.17, 15) is 0 Å². The number of rotatable bonds is 0. The van der Waals surface area contributed by atoms with Gasteiger partial charge in [-0.1, -0.05) is 33.8 Å². The van der Waals surface area contributed by atoms with Crippen molar-refractivity contribution in [2.45, 2.75) is 51.9 Å². The summed E-state index contributed by atoms with van der Waals surface area (Å²) in [7, 11) is 0. The van der Waals surface area contributed by atoms with E-state index in [-0.39, 0.29) is 0 Å². The highest BCUT2D eigenvalue weighted by atomic mass is 15.3. The van der Waals surface area contributed by atoms with Crippen molar-refractivity contribution < 1.29 is 0 Å². The Morgan fingerprint density at radius 3 is 2.35 bits per heavy atom. The number of nitrogens with zero attached hydrogens (tertiary/aromatic N) is 2. The molecule has 0 saturated heterocycles. The van der Waals surface area contributed by atoms with Gasteiger partial charge in [0.15, 0.2) is 0 Å². The average molecular weight is 270 g/mol. The van der Waals surface area contributed by atoms with E-state index in [0.717, 1.165) is 0 Å². The summed E-state index contributed by atoms with van der Waals surface area (Å²) in [5.74, 6) is 0. The standard InChI is InChI=1S/C18H26N2/c1-12-10-13-15-16-14(12)18(4,5)11-20(16)9-8-19(15)7-6-17(13,2)3/h10H,6-9,11H2,1-5H3. The van der Waals surface area contributed by atoms with Crippen molar-refractivity contribution in [3.63, 3.8) is 0 Å². The lowest BCUT2D eigenvalue weighted by Gasteiger charge is -2.46. The van der Waals surface area contributed by atoms with Gasteiger partial charge in [-0.15, -0.1) is 0 Å². The molecule has 0 bridgehead atoms. The van der Waals surface area contributed by atoms with Crippen LogP contribution < -0.4 is 9.80 Å². The van der Waals surface area contributed by atoms with Crippen LogP contribution in [-0.2, 0) is 10.8 Å². The Kier molecular flexibility index (Phi) is 2.21. The second kappa shape index (κ2) is 3.52. The molecule has 0 unspecified atom stereocenters. The molecule has 4 rings (SSSR count). The molecular formula is C18H26N2. The Hall–Kier alpha value is -1.18. The highest BCUT2D eigenvalue weighted by Gasteiger charge is 2.45. The SMILES string of the molecule is Cc1cc2c3c4c1C(C)(C)CN4CCN3CCC2(C)C. The van der Waals surface area contributed by atoms with Crippen LogP contribution in [0.2, 0.25) is 0 Å². The van der Waals surface area contributed by atoms with E-state index in [1.54, 1.807) is 22.5 Å². The third-order valence-corrected chi connectivity index (χ3v) is 5.74. The highest BCUT2D eigenvalue weighted by Crippen LogP contribution is 2.55. The van der Waals surface area contributed by atoms with E-state index in [2.05, 4.69) is 50.5 Å². The first-order valence-electron chi connectivity index (χ1n) is 8.00. The minimum Gasteiger partial charge on any atom is -0.368 e. The molecule has 3 heterocycles. The lowest BCUT2D eigenvalue weighted by Crippen LogP contribution is -2.46. The fourth-order valence-electron chi connectivity index (χ4n) is 4.74. The Balaban J connectivity index is 2.08. The fraction of sp³-hybridized carbons (Fsp3) is 0.667. The zero-order valence-corrected chi connectivity index (χ0v) is 13.5. The number of anilines is 2. The van der Waals surface area contributed by atoms with Crippen molar-refractivity contribution in [1.82, 2.24) is 0 Å². The minimum absolute atomic E-state index is 0.298. The fourth-order valence-corrected chi connectivity index (χ4v) is 4.74. The van der Waals surface area contributed by atoms with E-state index in [1.165, 1.54) is 38.2 Å². The topological polar surface area (TPSA) is 6.48 Å². The van der Waals surface area contributed by atoms with Gasteiger partial charge in [0.25, 0.3) is 0 Å². The molecule has 0 aliphatic carbocycles. The summed E-state index contributed by atoms with van der Waals surface area (Å²) in [4.78, 5) is 5.30. The predicted molar refractivity (Wildman–Crippen MR) is 86.3 cm³/mol. The molecule has 1 aromatic rings. The largest absolute Gasteiger partial charge is 0.368 e. The number of aryl methyl sites for hydroxylation is 1. The molecule has 0 amide bonds. The van der Waals surface area contributed by atoms with Crippen LogP contribution in [-0.4, -0.2) is 26.2 Å². The summed E-state index contributed by atoms with van der Waals surface area (Å²) in [6, 6.07) is 2.50. The van der Waals surface area contributed by atoms with E-state index in [0.29, 0.717) is 10.8 Å². The van der Waals surface area contributed by atoms with Gasteiger partial charge in [0.05, 0.1) is 11.4 Å². The van der Waals surface area contributed by atoms with Gasteiger partial charge < -0.3 is 9.80 Å².